The Balaban J connectivity index is 0.00000364. The van der Waals surface area contributed by atoms with Gasteiger partial charge in [-0.05, 0) is 25.8 Å². The van der Waals surface area contributed by atoms with Crippen molar-refractivity contribution < 1.29 is 4.74 Å². The maximum absolute atomic E-state index is 5.35. The van der Waals surface area contributed by atoms with E-state index in [9.17, 15) is 0 Å². The number of nitrogens with zero attached hydrogens (tertiary/aromatic N) is 3. The number of hydrogen-bond acceptors (Lipinski definition) is 3. The van der Waals surface area contributed by atoms with Crippen molar-refractivity contribution in [1.82, 2.24) is 20.2 Å². The zero-order valence-corrected chi connectivity index (χ0v) is 18.7. The number of halogens is 1. The maximum Gasteiger partial charge on any atom is 0.191 e. The Kier molecular flexibility index (Phi) is 12.5. The van der Waals surface area contributed by atoms with E-state index < -0.39 is 0 Å². The van der Waals surface area contributed by atoms with E-state index in [0.717, 1.165) is 64.0 Å². The highest BCUT2D eigenvalue weighted by Gasteiger charge is 2.04. The van der Waals surface area contributed by atoms with Crippen LogP contribution in [0.3, 0.4) is 0 Å². The fourth-order valence-corrected chi connectivity index (χ4v) is 2.63. The topological polar surface area (TPSA) is 63.5 Å². The normalized spacial score (nSPS) is 11.1. The standard InChI is InChI=1S/C20H31N5O.HI/c1-3-21-20(23-12-8-16-26-4-2)24-13-11-19-22-14-15-25(19)17-18-9-6-5-7-10-18;/h5-7,9-10,14-15H,3-4,8,11-13,16-17H2,1-2H3,(H2,21,23,24);1H. The minimum atomic E-state index is 0. The highest BCUT2D eigenvalue weighted by Crippen LogP contribution is 2.05. The predicted octanol–water partition coefficient (Wildman–Crippen LogP) is 3.07. The van der Waals surface area contributed by atoms with E-state index in [0.29, 0.717) is 0 Å². The molecule has 0 bridgehead atoms. The highest BCUT2D eigenvalue weighted by atomic mass is 127. The van der Waals surface area contributed by atoms with Gasteiger partial charge in [0.15, 0.2) is 5.96 Å². The second-order valence-corrected chi connectivity index (χ2v) is 5.94. The number of hydrogen-bond donors (Lipinski definition) is 2. The van der Waals surface area contributed by atoms with Gasteiger partial charge >= 0.3 is 0 Å². The number of imidazole rings is 1. The molecule has 0 atom stereocenters. The van der Waals surface area contributed by atoms with Crippen LogP contribution in [-0.2, 0) is 17.7 Å². The van der Waals surface area contributed by atoms with Gasteiger partial charge in [0, 0.05) is 58.2 Å². The van der Waals surface area contributed by atoms with Crippen molar-refractivity contribution in [3.63, 3.8) is 0 Å². The molecular formula is C20H32IN5O. The largest absolute Gasteiger partial charge is 0.382 e. The van der Waals surface area contributed by atoms with Gasteiger partial charge < -0.3 is 19.9 Å². The number of rotatable bonds is 11. The summed E-state index contributed by atoms with van der Waals surface area (Å²) in [5, 5.41) is 6.66. The molecule has 1 heterocycles. The molecule has 0 aliphatic heterocycles. The van der Waals surface area contributed by atoms with Gasteiger partial charge in [-0.15, -0.1) is 24.0 Å². The number of benzene rings is 1. The van der Waals surface area contributed by atoms with Crippen LogP contribution in [0.15, 0.2) is 47.7 Å². The van der Waals surface area contributed by atoms with Crippen molar-refractivity contribution in [2.24, 2.45) is 4.99 Å². The monoisotopic (exact) mass is 485 g/mol. The summed E-state index contributed by atoms with van der Waals surface area (Å²) in [6.07, 6.45) is 5.69. The third-order valence-electron chi connectivity index (χ3n) is 3.90. The smallest absolute Gasteiger partial charge is 0.191 e. The lowest BCUT2D eigenvalue weighted by molar-refractivity contribution is 0.146. The molecule has 0 saturated heterocycles. The second-order valence-electron chi connectivity index (χ2n) is 5.94. The van der Waals surface area contributed by atoms with Crippen molar-refractivity contribution in [2.45, 2.75) is 33.2 Å². The van der Waals surface area contributed by atoms with Crippen LogP contribution in [0, 0.1) is 0 Å². The van der Waals surface area contributed by atoms with Gasteiger partial charge in [-0.25, -0.2) is 4.98 Å². The lowest BCUT2D eigenvalue weighted by Gasteiger charge is -2.12. The zero-order chi connectivity index (χ0) is 18.5. The molecule has 150 valence electrons. The SMILES string of the molecule is CCNC(=NCCCOCC)NCCc1nccn1Cc1ccccc1.I. The molecule has 0 saturated carbocycles. The first kappa shape index (κ1) is 23.4. The Hall–Kier alpha value is -1.61. The summed E-state index contributed by atoms with van der Waals surface area (Å²) in [4.78, 5) is 9.08. The fraction of sp³-hybridized carbons (Fsp3) is 0.500. The first-order valence-electron chi connectivity index (χ1n) is 9.47. The van der Waals surface area contributed by atoms with E-state index >= 15 is 0 Å². The van der Waals surface area contributed by atoms with Crippen LogP contribution in [0.25, 0.3) is 0 Å². The van der Waals surface area contributed by atoms with Crippen molar-refractivity contribution in [2.75, 3.05) is 32.8 Å². The quantitative estimate of drug-likeness (QED) is 0.222. The minimum Gasteiger partial charge on any atom is -0.382 e. The summed E-state index contributed by atoms with van der Waals surface area (Å²) in [6, 6.07) is 10.5. The predicted molar refractivity (Wildman–Crippen MR) is 122 cm³/mol. The second kappa shape index (κ2) is 14.4. The van der Waals surface area contributed by atoms with Crippen molar-refractivity contribution >= 4 is 29.9 Å². The van der Waals surface area contributed by atoms with Crippen molar-refractivity contribution in [3.8, 4) is 0 Å². The first-order chi connectivity index (χ1) is 12.8. The van der Waals surface area contributed by atoms with Crippen LogP contribution in [0.4, 0.5) is 0 Å². The van der Waals surface area contributed by atoms with Crippen molar-refractivity contribution in [3.05, 3.63) is 54.1 Å². The Labute approximate surface area is 179 Å². The average molecular weight is 485 g/mol. The first-order valence-corrected chi connectivity index (χ1v) is 9.47. The lowest BCUT2D eigenvalue weighted by atomic mass is 10.2. The van der Waals surface area contributed by atoms with Crippen LogP contribution >= 0.6 is 24.0 Å². The summed E-state index contributed by atoms with van der Waals surface area (Å²) < 4.78 is 7.54. The van der Waals surface area contributed by atoms with E-state index in [4.69, 9.17) is 4.74 Å². The number of nitrogens with one attached hydrogen (secondary N) is 2. The Morgan fingerprint density at radius 1 is 1.19 bits per heavy atom. The van der Waals surface area contributed by atoms with Crippen LogP contribution in [0.2, 0.25) is 0 Å². The third-order valence-corrected chi connectivity index (χ3v) is 3.90. The van der Waals surface area contributed by atoms with Gasteiger partial charge in [0.25, 0.3) is 0 Å². The van der Waals surface area contributed by atoms with E-state index in [1.54, 1.807) is 0 Å². The highest BCUT2D eigenvalue weighted by molar-refractivity contribution is 14.0. The molecule has 1 aromatic carbocycles. The van der Waals surface area contributed by atoms with E-state index in [-0.39, 0.29) is 24.0 Å². The van der Waals surface area contributed by atoms with E-state index in [1.165, 1.54) is 5.56 Å². The Morgan fingerprint density at radius 2 is 2.00 bits per heavy atom. The average Bonchev–Trinajstić information content (AvgIpc) is 3.09. The van der Waals surface area contributed by atoms with Gasteiger partial charge in [0.05, 0.1) is 0 Å². The van der Waals surface area contributed by atoms with Crippen LogP contribution < -0.4 is 10.6 Å². The zero-order valence-electron chi connectivity index (χ0n) is 16.4. The molecule has 27 heavy (non-hydrogen) atoms. The minimum absolute atomic E-state index is 0. The molecule has 1 aromatic heterocycles. The van der Waals surface area contributed by atoms with Crippen LogP contribution in [0.5, 0.6) is 0 Å². The molecule has 7 heteroatoms. The van der Waals surface area contributed by atoms with E-state index in [2.05, 4.69) is 56.4 Å². The van der Waals surface area contributed by atoms with Gasteiger partial charge in [0.2, 0.25) is 0 Å². The molecular weight excluding hydrogens is 453 g/mol. The molecule has 0 fully saturated rings. The molecule has 0 spiro atoms. The number of aliphatic imine (C=N–C) groups is 1. The van der Waals surface area contributed by atoms with Gasteiger partial charge in [-0.2, -0.15) is 0 Å². The molecule has 2 aromatic rings. The molecule has 6 nitrogen and oxygen atoms in total. The Morgan fingerprint density at radius 3 is 2.74 bits per heavy atom. The molecule has 0 amide bonds. The molecule has 2 N–H and O–H groups in total. The molecule has 0 aliphatic rings. The van der Waals surface area contributed by atoms with Gasteiger partial charge in [0.1, 0.15) is 5.82 Å². The number of guanidine groups is 1. The molecule has 0 radical (unpaired) electrons. The number of aromatic nitrogens is 2. The van der Waals surface area contributed by atoms with Crippen LogP contribution in [-0.4, -0.2) is 48.4 Å². The fourth-order valence-electron chi connectivity index (χ4n) is 2.63. The summed E-state index contributed by atoms with van der Waals surface area (Å²) >= 11 is 0. The summed E-state index contributed by atoms with van der Waals surface area (Å²) in [5.74, 6) is 1.93. The summed E-state index contributed by atoms with van der Waals surface area (Å²) in [7, 11) is 0. The Bertz CT molecular complexity index is 645. The van der Waals surface area contributed by atoms with Gasteiger partial charge in [-0.3, -0.25) is 4.99 Å². The summed E-state index contributed by atoms with van der Waals surface area (Å²) in [5.41, 5.74) is 1.28. The maximum atomic E-state index is 5.35. The molecule has 0 aliphatic carbocycles. The molecule has 0 unspecified atom stereocenters. The van der Waals surface area contributed by atoms with Crippen molar-refractivity contribution in [1.29, 1.82) is 0 Å². The number of ether oxygens (including phenoxy) is 1. The van der Waals surface area contributed by atoms with Gasteiger partial charge in [-0.1, -0.05) is 30.3 Å². The molecule has 2 rings (SSSR count). The third kappa shape index (κ3) is 9.23. The van der Waals surface area contributed by atoms with Crippen LogP contribution in [0.1, 0.15) is 31.7 Å². The summed E-state index contributed by atoms with van der Waals surface area (Å²) in [6.45, 7) is 8.86. The lowest BCUT2D eigenvalue weighted by Crippen LogP contribution is -2.38. The van der Waals surface area contributed by atoms with E-state index in [1.807, 2.05) is 25.4 Å².